The maximum Gasteiger partial charge on any atom is 0.0714 e. The average molecular weight is 957 g/mol. The van der Waals surface area contributed by atoms with Gasteiger partial charge in [0, 0.05) is 34.0 Å². The van der Waals surface area contributed by atoms with Crippen LogP contribution in [0.15, 0.2) is 315 Å². The summed E-state index contributed by atoms with van der Waals surface area (Å²) in [6, 6.07) is 115. The maximum atomic E-state index is 2.51. The van der Waals surface area contributed by atoms with E-state index in [9.17, 15) is 0 Å². The minimum Gasteiger partial charge on any atom is -0.310 e. The monoisotopic (exact) mass is 956 g/mol. The third-order valence-corrected chi connectivity index (χ3v) is 14.9. The van der Waals surface area contributed by atoms with E-state index in [2.05, 4.69) is 325 Å². The minimum atomic E-state index is -0.599. The molecule has 75 heavy (non-hydrogen) atoms. The van der Waals surface area contributed by atoms with E-state index in [0.29, 0.717) is 0 Å². The molecule has 1 aliphatic rings. The van der Waals surface area contributed by atoms with Crippen molar-refractivity contribution in [1.29, 1.82) is 0 Å². The van der Waals surface area contributed by atoms with Crippen LogP contribution in [0, 0.1) is 0 Å². The number of para-hydroxylation sites is 3. The first kappa shape index (κ1) is 45.1. The fourth-order valence-corrected chi connectivity index (χ4v) is 11.7. The van der Waals surface area contributed by atoms with E-state index in [0.717, 1.165) is 78.6 Å². The maximum absolute atomic E-state index is 2.51. The van der Waals surface area contributed by atoms with Gasteiger partial charge in [0.15, 0.2) is 0 Å². The molecule has 0 N–H and O–H groups in total. The summed E-state index contributed by atoms with van der Waals surface area (Å²) >= 11 is 0. The number of rotatable bonds is 12. The van der Waals surface area contributed by atoms with Gasteiger partial charge < -0.3 is 9.80 Å². The van der Waals surface area contributed by atoms with Crippen molar-refractivity contribution in [2.75, 3.05) is 9.80 Å². The zero-order valence-corrected chi connectivity index (χ0v) is 41.4. The van der Waals surface area contributed by atoms with Crippen molar-refractivity contribution in [1.82, 2.24) is 0 Å². The van der Waals surface area contributed by atoms with Crippen molar-refractivity contribution in [2.24, 2.45) is 0 Å². The SMILES string of the molecule is c1ccc(-c2ccccc2N(c2cc(-c3c(-c4ccccc4)cccc3-c3ccccc3)cc(N(c3ccccc3)c3ccccc3)c2)c2ccc3c(c2)C(c2ccccc2)(c2ccccc2)c2ccccc2-3)cc1. The highest BCUT2D eigenvalue weighted by molar-refractivity contribution is 5.99. The number of hydrogen-bond acceptors (Lipinski definition) is 2. The number of benzene rings is 12. The standard InChI is InChI=1S/C73H52N2/c1-8-27-53(28-9-1)64-41-23-25-46-71(64)75(61-47-48-68-67-42-22-24-45-69(67)73(70(68)52-61,57-33-14-4-15-34-57)58-35-16-5-17-36-58)63-50-56(49-62(51-63)74(59-37-18-6-19-38-59)60-39-20-7-21-40-60)72-65(54-29-10-2-11-30-54)43-26-44-66(72)55-31-12-3-13-32-55/h1-52H. The van der Waals surface area contributed by atoms with Gasteiger partial charge in [0.25, 0.3) is 0 Å². The summed E-state index contributed by atoms with van der Waals surface area (Å²) in [5.74, 6) is 0. The zero-order valence-electron chi connectivity index (χ0n) is 41.4. The van der Waals surface area contributed by atoms with Crippen LogP contribution in [0.25, 0.3) is 55.6 Å². The zero-order chi connectivity index (χ0) is 50.0. The molecule has 0 radical (unpaired) electrons. The lowest BCUT2D eigenvalue weighted by Gasteiger charge is -2.35. The third-order valence-electron chi connectivity index (χ3n) is 14.9. The Hall–Kier alpha value is -9.76. The molecule has 0 atom stereocenters. The molecule has 0 amide bonds. The van der Waals surface area contributed by atoms with Crippen molar-refractivity contribution < 1.29 is 0 Å². The summed E-state index contributed by atoms with van der Waals surface area (Å²) < 4.78 is 0. The second-order valence-corrected chi connectivity index (χ2v) is 19.2. The molecule has 0 bridgehead atoms. The first-order chi connectivity index (χ1) is 37.2. The molecule has 0 unspecified atom stereocenters. The van der Waals surface area contributed by atoms with Gasteiger partial charge >= 0.3 is 0 Å². The van der Waals surface area contributed by atoms with Gasteiger partial charge in [-0.2, -0.15) is 0 Å². The molecule has 13 rings (SSSR count). The van der Waals surface area contributed by atoms with Gasteiger partial charge in [-0.15, -0.1) is 0 Å². The Morgan fingerprint density at radius 3 is 1.15 bits per heavy atom. The Labute approximate surface area is 440 Å². The van der Waals surface area contributed by atoms with E-state index in [4.69, 9.17) is 0 Å². The van der Waals surface area contributed by atoms with Crippen LogP contribution in [0.5, 0.6) is 0 Å². The minimum absolute atomic E-state index is 0.599. The predicted molar refractivity (Wildman–Crippen MR) is 315 cm³/mol. The molecule has 0 fully saturated rings. The van der Waals surface area contributed by atoms with E-state index in [-0.39, 0.29) is 0 Å². The predicted octanol–water partition coefficient (Wildman–Crippen LogP) is 19.7. The first-order valence-corrected chi connectivity index (χ1v) is 25.8. The van der Waals surface area contributed by atoms with E-state index >= 15 is 0 Å². The van der Waals surface area contributed by atoms with Crippen LogP contribution >= 0.6 is 0 Å². The van der Waals surface area contributed by atoms with Gasteiger partial charge in [-0.25, -0.2) is 0 Å². The van der Waals surface area contributed by atoms with Crippen LogP contribution < -0.4 is 9.80 Å². The van der Waals surface area contributed by atoms with Crippen molar-refractivity contribution in [3.8, 4) is 55.6 Å². The largest absolute Gasteiger partial charge is 0.310 e. The summed E-state index contributed by atoms with van der Waals surface area (Å²) in [6.07, 6.45) is 0. The molecule has 2 heteroatoms. The van der Waals surface area contributed by atoms with Gasteiger partial charge in [0.2, 0.25) is 0 Å². The Morgan fingerprint density at radius 1 is 0.213 bits per heavy atom. The van der Waals surface area contributed by atoms with Crippen molar-refractivity contribution in [3.63, 3.8) is 0 Å². The molecule has 0 aliphatic heterocycles. The fraction of sp³-hybridized carbons (Fsp3) is 0.0137. The summed E-state index contributed by atoms with van der Waals surface area (Å²) in [7, 11) is 0. The number of fused-ring (bicyclic) bond motifs is 3. The molecule has 12 aromatic rings. The number of nitrogens with zero attached hydrogens (tertiary/aromatic N) is 2. The van der Waals surface area contributed by atoms with Crippen LogP contribution in [-0.2, 0) is 5.41 Å². The van der Waals surface area contributed by atoms with E-state index in [1.807, 2.05) is 0 Å². The molecular formula is C73H52N2. The van der Waals surface area contributed by atoms with Gasteiger partial charge in [0.05, 0.1) is 11.1 Å². The Bertz CT molecular complexity index is 3780. The Morgan fingerprint density at radius 2 is 0.613 bits per heavy atom. The molecule has 354 valence electrons. The highest BCUT2D eigenvalue weighted by Gasteiger charge is 2.46. The average Bonchev–Trinajstić information content (AvgIpc) is 3.80. The van der Waals surface area contributed by atoms with Crippen LogP contribution in [0.4, 0.5) is 34.1 Å². The molecule has 0 spiro atoms. The Balaban J connectivity index is 1.15. The second kappa shape index (κ2) is 19.7. The molecule has 0 saturated heterocycles. The third kappa shape index (κ3) is 8.10. The summed E-state index contributed by atoms with van der Waals surface area (Å²) in [5, 5.41) is 0. The lowest BCUT2D eigenvalue weighted by Crippen LogP contribution is -2.28. The Kier molecular flexibility index (Phi) is 11.8. The topological polar surface area (TPSA) is 6.48 Å². The fourth-order valence-electron chi connectivity index (χ4n) is 11.7. The molecular weight excluding hydrogens is 905 g/mol. The van der Waals surface area contributed by atoms with Crippen LogP contribution in [0.2, 0.25) is 0 Å². The van der Waals surface area contributed by atoms with E-state index in [1.54, 1.807) is 0 Å². The van der Waals surface area contributed by atoms with Crippen LogP contribution in [0.3, 0.4) is 0 Å². The molecule has 0 heterocycles. The van der Waals surface area contributed by atoms with Crippen molar-refractivity contribution in [3.05, 3.63) is 338 Å². The highest BCUT2D eigenvalue weighted by atomic mass is 15.2. The van der Waals surface area contributed by atoms with Crippen molar-refractivity contribution >= 4 is 34.1 Å². The van der Waals surface area contributed by atoms with Crippen LogP contribution in [-0.4, -0.2) is 0 Å². The van der Waals surface area contributed by atoms with Gasteiger partial charge in [-0.05, 0) is 133 Å². The normalized spacial score (nSPS) is 12.1. The lowest BCUT2D eigenvalue weighted by atomic mass is 9.67. The van der Waals surface area contributed by atoms with E-state index in [1.165, 1.54) is 33.4 Å². The molecule has 0 saturated carbocycles. The van der Waals surface area contributed by atoms with Gasteiger partial charge in [-0.3, -0.25) is 0 Å². The second-order valence-electron chi connectivity index (χ2n) is 19.2. The van der Waals surface area contributed by atoms with E-state index < -0.39 is 5.41 Å². The van der Waals surface area contributed by atoms with Gasteiger partial charge in [-0.1, -0.05) is 255 Å². The smallest absolute Gasteiger partial charge is 0.0714 e. The number of hydrogen-bond donors (Lipinski definition) is 0. The summed E-state index contributed by atoms with van der Waals surface area (Å²) in [6.45, 7) is 0. The van der Waals surface area contributed by atoms with Crippen LogP contribution in [0.1, 0.15) is 22.3 Å². The molecule has 12 aromatic carbocycles. The molecule has 1 aliphatic carbocycles. The highest BCUT2D eigenvalue weighted by Crippen LogP contribution is 2.58. The summed E-state index contributed by atoms with van der Waals surface area (Å²) in [5.41, 5.74) is 22.3. The first-order valence-electron chi connectivity index (χ1n) is 25.8. The van der Waals surface area contributed by atoms with Crippen molar-refractivity contribution in [2.45, 2.75) is 5.41 Å². The quantitative estimate of drug-likeness (QED) is 0.120. The molecule has 0 aromatic heterocycles. The number of anilines is 6. The molecule has 2 nitrogen and oxygen atoms in total. The lowest BCUT2D eigenvalue weighted by molar-refractivity contribution is 0.768. The van der Waals surface area contributed by atoms with Gasteiger partial charge in [0.1, 0.15) is 0 Å². The summed E-state index contributed by atoms with van der Waals surface area (Å²) in [4.78, 5) is 4.91.